The molecular formula is C17H18Cl2N2O2. The number of aryl methyl sites for hydroxylation is 2. The molecule has 0 bridgehead atoms. The first-order chi connectivity index (χ1) is 11.0. The molecule has 0 atom stereocenters. The zero-order valence-electron chi connectivity index (χ0n) is 13.0. The Bertz CT molecular complexity index is 682. The largest absolute Gasteiger partial charge is 0.492 e. The fourth-order valence-corrected chi connectivity index (χ4v) is 2.34. The van der Waals surface area contributed by atoms with Crippen molar-refractivity contribution in [1.82, 2.24) is 5.32 Å². The molecule has 2 amide bonds. The highest BCUT2D eigenvalue weighted by atomic mass is 35.5. The Kier molecular flexibility index (Phi) is 6.13. The first-order valence-corrected chi connectivity index (χ1v) is 7.92. The number of carbonyl (C=O) groups excluding carboxylic acids is 1. The quantitative estimate of drug-likeness (QED) is 0.758. The van der Waals surface area contributed by atoms with Crippen molar-refractivity contribution in [2.24, 2.45) is 0 Å². The molecule has 0 radical (unpaired) electrons. The van der Waals surface area contributed by atoms with Crippen molar-refractivity contribution in [1.29, 1.82) is 0 Å². The van der Waals surface area contributed by atoms with Gasteiger partial charge in [-0.05, 0) is 49.2 Å². The molecule has 0 unspecified atom stereocenters. The number of hydrogen-bond acceptors (Lipinski definition) is 2. The van der Waals surface area contributed by atoms with E-state index in [0.717, 1.165) is 21.9 Å². The summed E-state index contributed by atoms with van der Waals surface area (Å²) in [4.78, 5) is 11.8. The van der Waals surface area contributed by atoms with Crippen LogP contribution in [0.4, 0.5) is 10.5 Å². The molecule has 0 aromatic heterocycles. The van der Waals surface area contributed by atoms with Crippen molar-refractivity contribution in [3.05, 3.63) is 57.6 Å². The number of amides is 2. The molecule has 6 heteroatoms. The van der Waals surface area contributed by atoms with E-state index in [1.54, 1.807) is 24.3 Å². The van der Waals surface area contributed by atoms with Crippen molar-refractivity contribution in [2.75, 3.05) is 18.5 Å². The van der Waals surface area contributed by atoms with Crippen LogP contribution in [0.5, 0.6) is 5.75 Å². The van der Waals surface area contributed by atoms with Gasteiger partial charge in [-0.3, -0.25) is 0 Å². The minimum Gasteiger partial charge on any atom is -0.492 e. The molecule has 2 N–H and O–H groups in total. The number of carbonyl (C=O) groups is 1. The second-order valence-electron chi connectivity index (χ2n) is 5.08. The summed E-state index contributed by atoms with van der Waals surface area (Å²) >= 11 is 12.1. The topological polar surface area (TPSA) is 50.4 Å². The van der Waals surface area contributed by atoms with Gasteiger partial charge < -0.3 is 15.4 Å². The predicted molar refractivity (Wildman–Crippen MR) is 94.9 cm³/mol. The molecular weight excluding hydrogens is 335 g/mol. The van der Waals surface area contributed by atoms with Gasteiger partial charge in [0.15, 0.2) is 0 Å². The van der Waals surface area contributed by atoms with Gasteiger partial charge in [-0.1, -0.05) is 35.3 Å². The summed E-state index contributed by atoms with van der Waals surface area (Å²) in [6, 6.07) is 10.5. The second kappa shape index (κ2) is 8.09. The lowest BCUT2D eigenvalue weighted by atomic mass is 10.1. The number of anilines is 1. The van der Waals surface area contributed by atoms with E-state index in [2.05, 4.69) is 10.6 Å². The summed E-state index contributed by atoms with van der Waals surface area (Å²) in [5.41, 5.74) is 2.49. The highest BCUT2D eigenvalue weighted by Crippen LogP contribution is 2.25. The van der Waals surface area contributed by atoms with Gasteiger partial charge >= 0.3 is 6.03 Å². The lowest BCUT2D eigenvalue weighted by Crippen LogP contribution is -2.32. The molecule has 122 valence electrons. The Balaban J connectivity index is 1.77. The summed E-state index contributed by atoms with van der Waals surface area (Å²) in [5.74, 6) is 0.734. The molecule has 23 heavy (non-hydrogen) atoms. The number of nitrogens with one attached hydrogen (secondary N) is 2. The van der Waals surface area contributed by atoms with Gasteiger partial charge in [0.05, 0.1) is 17.3 Å². The molecule has 0 saturated carbocycles. The normalized spacial score (nSPS) is 10.3. The van der Waals surface area contributed by atoms with Gasteiger partial charge in [-0.2, -0.15) is 0 Å². The second-order valence-corrected chi connectivity index (χ2v) is 5.87. The third kappa shape index (κ3) is 5.05. The van der Waals surface area contributed by atoms with E-state index < -0.39 is 0 Å². The van der Waals surface area contributed by atoms with Crippen LogP contribution in [0.1, 0.15) is 11.1 Å². The molecule has 2 aromatic rings. The Morgan fingerprint density at radius 3 is 2.43 bits per heavy atom. The minimum atomic E-state index is -0.329. The predicted octanol–water partition coefficient (Wildman–Crippen LogP) is 4.81. The van der Waals surface area contributed by atoms with E-state index in [1.807, 2.05) is 26.0 Å². The van der Waals surface area contributed by atoms with Crippen LogP contribution in [0.2, 0.25) is 10.0 Å². The average Bonchev–Trinajstić information content (AvgIpc) is 2.51. The van der Waals surface area contributed by atoms with Gasteiger partial charge in [0, 0.05) is 5.02 Å². The fourth-order valence-electron chi connectivity index (χ4n) is 2.05. The van der Waals surface area contributed by atoms with E-state index in [-0.39, 0.29) is 6.03 Å². The summed E-state index contributed by atoms with van der Waals surface area (Å²) in [6.07, 6.45) is 0. The summed E-state index contributed by atoms with van der Waals surface area (Å²) in [6.45, 7) is 4.59. The Hall–Kier alpha value is -1.91. The maximum absolute atomic E-state index is 11.8. The van der Waals surface area contributed by atoms with Gasteiger partial charge in [-0.15, -0.1) is 0 Å². The fraction of sp³-hybridized carbons (Fsp3) is 0.235. The van der Waals surface area contributed by atoms with Crippen molar-refractivity contribution < 1.29 is 9.53 Å². The van der Waals surface area contributed by atoms with Crippen LogP contribution < -0.4 is 15.4 Å². The minimum absolute atomic E-state index is 0.329. The average molecular weight is 353 g/mol. The van der Waals surface area contributed by atoms with Crippen molar-refractivity contribution in [3.8, 4) is 5.75 Å². The maximum Gasteiger partial charge on any atom is 0.319 e. The monoisotopic (exact) mass is 352 g/mol. The van der Waals surface area contributed by atoms with Crippen molar-refractivity contribution in [2.45, 2.75) is 13.8 Å². The van der Waals surface area contributed by atoms with Crippen LogP contribution in [-0.4, -0.2) is 19.2 Å². The maximum atomic E-state index is 11.8. The summed E-state index contributed by atoms with van der Waals surface area (Å²) in [7, 11) is 0. The lowest BCUT2D eigenvalue weighted by Gasteiger charge is -2.11. The third-order valence-corrected chi connectivity index (χ3v) is 4.11. The molecule has 0 spiro atoms. The summed E-state index contributed by atoms with van der Waals surface area (Å²) in [5, 5.41) is 6.63. The van der Waals surface area contributed by atoms with Gasteiger partial charge in [0.2, 0.25) is 0 Å². The molecule has 0 fully saturated rings. The third-order valence-electron chi connectivity index (χ3n) is 3.19. The summed E-state index contributed by atoms with van der Waals surface area (Å²) < 4.78 is 5.62. The zero-order valence-corrected chi connectivity index (χ0v) is 14.5. The molecule has 4 nitrogen and oxygen atoms in total. The van der Waals surface area contributed by atoms with Crippen LogP contribution in [0, 0.1) is 13.8 Å². The van der Waals surface area contributed by atoms with E-state index >= 15 is 0 Å². The smallest absolute Gasteiger partial charge is 0.319 e. The number of halogens is 2. The number of ether oxygens (including phenoxy) is 1. The van der Waals surface area contributed by atoms with Crippen LogP contribution in [0.3, 0.4) is 0 Å². The van der Waals surface area contributed by atoms with Gasteiger partial charge in [0.1, 0.15) is 12.4 Å². The van der Waals surface area contributed by atoms with E-state index in [4.69, 9.17) is 27.9 Å². The highest BCUT2D eigenvalue weighted by molar-refractivity contribution is 6.33. The standard InChI is InChI=1S/C17H18Cl2N2O2/c1-11-9-13(10-12(2)16(11)19)23-8-7-20-17(22)21-15-6-4-3-5-14(15)18/h3-6,9-10H,7-8H2,1-2H3,(H2,20,21,22). The number of hydrogen-bond donors (Lipinski definition) is 2. The van der Waals surface area contributed by atoms with Crippen molar-refractivity contribution in [3.63, 3.8) is 0 Å². The van der Waals surface area contributed by atoms with Crippen LogP contribution >= 0.6 is 23.2 Å². The van der Waals surface area contributed by atoms with Crippen molar-refractivity contribution >= 4 is 34.9 Å². The van der Waals surface area contributed by atoms with Crippen LogP contribution in [-0.2, 0) is 0 Å². The Morgan fingerprint density at radius 1 is 1.13 bits per heavy atom. The first kappa shape index (κ1) is 17.4. The molecule has 0 aliphatic heterocycles. The van der Waals surface area contributed by atoms with E-state index in [9.17, 15) is 4.79 Å². The Morgan fingerprint density at radius 2 is 1.78 bits per heavy atom. The van der Waals surface area contributed by atoms with E-state index in [0.29, 0.717) is 23.9 Å². The number of benzene rings is 2. The number of urea groups is 1. The van der Waals surface area contributed by atoms with Crippen LogP contribution in [0.15, 0.2) is 36.4 Å². The highest BCUT2D eigenvalue weighted by Gasteiger charge is 2.05. The first-order valence-electron chi connectivity index (χ1n) is 7.16. The molecule has 2 aromatic carbocycles. The SMILES string of the molecule is Cc1cc(OCCNC(=O)Nc2ccccc2Cl)cc(C)c1Cl. The van der Waals surface area contributed by atoms with Gasteiger partial charge in [0.25, 0.3) is 0 Å². The van der Waals surface area contributed by atoms with E-state index in [1.165, 1.54) is 0 Å². The molecule has 0 saturated heterocycles. The van der Waals surface area contributed by atoms with Gasteiger partial charge in [-0.25, -0.2) is 4.79 Å². The molecule has 0 aliphatic rings. The molecule has 0 aliphatic carbocycles. The zero-order chi connectivity index (χ0) is 16.8. The lowest BCUT2D eigenvalue weighted by molar-refractivity contribution is 0.247. The van der Waals surface area contributed by atoms with Crippen LogP contribution in [0.25, 0.3) is 0 Å². The Labute approximate surface area is 145 Å². The molecule has 2 rings (SSSR count). The number of rotatable bonds is 5. The number of para-hydroxylation sites is 1. The molecule has 0 heterocycles.